The van der Waals surface area contributed by atoms with Gasteiger partial charge < -0.3 is 14.0 Å². The highest BCUT2D eigenvalue weighted by Crippen LogP contribution is 2.11. The van der Waals surface area contributed by atoms with Crippen LogP contribution in [0.1, 0.15) is 72.1 Å². The third kappa shape index (κ3) is 16.1. The lowest BCUT2D eigenvalue weighted by Gasteiger charge is -2.28. The summed E-state index contributed by atoms with van der Waals surface area (Å²) in [4.78, 5) is 24.0. The standard InChI is InChI=1S/C20H40NO4/c1-7-8-9-10-11-12-13-24-19(22)15-18(16-21(4,5)6)25-20(23)14-17(2)3/h17-18H,7-16H2,1-6H3/q+1/t18-/m1/s1. The Hall–Kier alpha value is -1.10. The molecular formula is C20H40NO4+. The van der Waals surface area contributed by atoms with Crippen molar-refractivity contribution in [3.05, 3.63) is 0 Å². The van der Waals surface area contributed by atoms with E-state index in [1.807, 2.05) is 35.0 Å². The lowest BCUT2D eigenvalue weighted by atomic mass is 10.1. The van der Waals surface area contributed by atoms with Crippen LogP contribution < -0.4 is 0 Å². The molecule has 0 saturated heterocycles. The average molecular weight is 359 g/mol. The zero-order chi connectivity index (χ0) is 19.3. The summed E-state index contributed by atoms with van der Waals surface area (Å²) in [5, 5.41) is 0. The summed E-state index contributed by atoms with van der Waals surface area (Å²) in [6.07, 6.45) is 7.04. The van der Waals surface area contributed by atoms with E-state index in [2.05, 4.69) is 6.92 Å². The van der Waals surface area contributed by atoms with Crippen LogP contribution >= 0.6 is 0 Å². The van der Waals surface area contributed by atoms with Crippen LogP contribution in [0.15, 0.2) is 0 Å². The molecule has 0 aliphatic heterocycles. The van der Waals surface area contributed by atoms with Gasteiger partial charge >= 0.3 is 11.9 Å². The summed E-state index contributed by atoms with van der Waals surface area (Å²) in [6, 6.07) is 0. The Morgan fingerprint density at radius 2 is 1.48 bits per heavy atom. The van der Waals surface area contributed by atoms with Crippen LogP contribution in [0.4, 0.5) is 0 Å². The molecule has 0 N–H and O–H groups in total. The van der Waals surface area contributed by atoms with Gasteiger partial charge in [0, 0.05) is 6.42 Å². The second-order valence-corrected chi connectivity index (χ2v) is 8.38. The fourth-order valence-electron chi connectivity index (χ4n) is 2.63. The van der Waals surface area contributed by atoms with Crippen molar-refractivity contribution in [1.29, 1.82) is 0 Å². The van der Waals surface area contributed by atoms with Gasteiger partial charge in [-0.25, -0.2) is 0 Å². The van der Waals surface area contributed by atoms with Crippen molar-refractivity contribution in [2.75, 3.05) is 34.3 Å². The van der Waals surface area contributed by atoms with Crippen LogP contribution in [0, 0.1) is 5.92 Å². The van der Waals surface area contributed by atoms with E-state index < -0.39 is 6.10 Å². The molecule has 5 heteroatoms. The number of nitrogens with zero attached hydrogens (tertiary/aromatic N) is 1. The van der Waals surface area contributed by atoms with E-state index in [4.69, 9.17) is 9.47 Å². The predicted molar refractivity (Wildman–Crippen MR) is 101 cm³/mol. The van der Waals surface area contributed by atoms with Crippen molar-refractivity contribution in [3.63, 3.8) is 0 Å². The van der Waals surface area contributed by atoms with Gasteiger partial charge in [0.2, 0.25) is 0 Å². The summed E-state index contributed by atoms with van der Waals surface area (Å²) in [7, 11) is 6.06. The van der Waals surface area contributed by atoms with E-state index in [9.17, 15) is 9.59 Å². The van der Waals surface area contributed by atoms with Gasteiger partial charge in [-0.05, 0) is 12.3 Å². The number of unbranched alkanes of at least 4 members (excludes halogenated alkanes) is 5. The minimum absolute atomic E-state index is 0.134. The number of hydrogen-bond acceptors (Lipinski definition) is 4. The number of esters is 2. The maximum atomic E-state index is 12.1. The first-order valence-electron chi connectivity index (χ1n) is 9.79. The SMILES string of the molecule is CCCCCCCCOC(=O)C[C@H](C[N+](C)(C)C)OC(=O)CC(C)C. The number of quaternary nitrogens is 1. The zero-order valence-corrected chi connectivity index (χ0v) is 17.3. The molecule has 0 bridgehead atoms. The maximum Gasteiger partial charge on any atom is 0.309 e. The van der Waals surface area contributed by atoms with E-state index in [1.54, 1.807) is 0 Å². The topological polar surface area (TPSA) is 52.6 Å². The molecule has 25 heavy (non-hydrogen) atoms. The van der Waals surface area contributed by atoms with Crippen LogP contribution in [0.5, 0.6) is 0 Å². The fourth-order valence-corrected chi connectivity index (χ4v) is 2.63. The van der Waals surface area contributed by atoms with E-state index >= 15 is 0 Å². The molecule has 148 valence electrons. The molecule has 0 aromatic rings. The molecule has 1 atom stereocenters. The van der Waals surface area contributed by atoms with Crippen molar-refractivity contribution < 1.29 is 23.5 Å². The molecule has 0 saturated carbocycles. The number of likely N-dealkylation sites (N-methyl/N-ethyl adjacent to an activating group) is 1. The molecular weight excluding hydrogens is 318 g/mol. The maximum absolute atomic E-state index is 12.1. The highest BCUT2D eigenvalue weighted by atomic mass is 16.6. The zero-order valence-electron chi connectivity index (χ0n) is 17.3. The first-order chi connectivity index (χ1) is 11.6. The number of carbonyl (C=O) groups excluding carboxylic acids is 2. The molecule has 0 aliphatic rings. The molecule has 0 amide bonds. The second kappa shape index (κ2) is 13.2. The molecule has 0 aliphatic carbocycles. The summed E-state index contributed by atoms with van der Waals surface area (Å²) in [5.41, 5.74) is 0. The summed E-state index contributed by atoms with van der Waals surface area (Å²) < 4.78 is 11.5. The van der Waals surface area contributed by atoms with Crippen molar-refractivity contribution in [2.45, 2.75) is 78.2 Å². The van der Waals surface area contributed by atoms with Crippen molar-refractivity contribution >= 4 is 11.9 Å². The Kier molecular flexibility index (Phi) is 12.6. The smallest absolute Gasteiger partial charge is 0.309 e. The van der Waals surface area contributed by atoms with Crippen molar-refractivity contribution in [3.8, 4) is 0 Å². The number of rotatable bonds is 14. The first-order valence-corrected chi connectivity index (χ1v) is 9.79. The lowest BCUT2D eigenvalue weighted by Crippen LogP contribution is -2.44. The quantitative estimate of drug-likeness (QED) is 0.268. The van der Waals surface area contributed by atoms with Crippen LogP contribution in [0.2, 0.25) is 0 Å². The van der Waals surface area contributed by atoms with E-state index in [1.165, 1.54) is 25.7 Å². The summed E-state index contributed by atoms with van der Waals surface area (Å²) in [6.45, 7) is 7.20. The van der Waals surface area contributed by atoms with E-state index in [0.717, 1.165) is 12.8 Å². The molecule has 0 spiro atoms. The normalized spacial score (nSPS) is 12.9. The second-order valence-electron chi connectivity index (χ2n) is 8.38. The van der Waals surface area contributed by atoms with E-state index in [-0.39, 0.29) is 24.3 Å². The molecule has 5 nitrogen and oxygen atoms in total. The van der Waals surface area contributed by atoms with Gasteiger partial charge in [-0.3, -0.25) is 9.59 Å². The average Bonchev–Trinajstić information content (AvgIpc) is 2.43. The lowest BCUT2D eigenvalue weighted by molar-refractivity contribution is -0.873. The monoisotopic (exact) mass is 358 g/mol. The van der Waals surface area contributed by atoms with Crippen molar-refractivity contribution in [1.82, 2.24) is 0 Å². The van der Waals surface area contributed by atoms with Gasteiger partial charge in [0.25, 0.3) is 0 Å². The van der Waals surface area contributed by atoms with Gasteiger partial charge in [0.15, 0.2) is 6.10 Å². The van der Waals surface area contributed by atoms with Crippen LogP contribution in [0.3, 0.4) is 0 Å². The highest BCUT2D eigenvalue weighted by molar-refractivity contribution is 5.72. The minimum atomic E-state index is -0.427. The number of ether oxygens (including phenoxy) is 2. The number of hydrogen-bond donors (Lipinski definition) is 0. The number of carbonyl (C=O) groups is 2. The summed E-state index contributed by atoms with van der Waals surface area (Å²) >= 11 is 0. The van der Waals surface area contributed by atoms with Crippen molar-refractivity contribution in [2.24, 2.45) is 5.92 Å². The fraction of sp³-hybridized carbons (Fsp3) is 0.900. The van der Waals surface area contributed by atoms with Gasteiger partial charge in [0.05, 0.1) is 34.2 Å². The molecule has 0 rings (SSSR count). The Morgan fingerprint density at radius 1 is 0.880 bits per heavy atom. The minimum Gasteiger partial charge on any atom is -0.466 e. The van der Waals surface area contributed by atoms with Crippen LogP contribution in [-0.4, -0.2) is 56.8 Å². The molecule has 0 fully saturated rings. The molecule has 0 aromatic heterocycles. The molecule has 0 unspecified atom stereocenters. The molecule has 0 heterocycles. The van der Waals surface area contributed by atoms with Gasteiger partial charge in [-0.2, -0.15) is 0 Å². The third-order valence-electron chi connectivity index (χ3n) is 3.78. The van der Waals surface area contributed by atoms with Gasteiger partial charge in [0.1, 0.15) is 6.54 Å². The Labute approximate surface area is 154 Å². The van der Waals surface area contributed by atoms with Crippen LogP contribution in [-0.2, 0) is 19.1 Å². The van der Waals surface area contributed by atoms with E-state index in [0.29, 0.717) is 24.1 Å². The van der Waals surface area contributed by atoms with Crippen LogP contribution in [0.25, 0.3) is 0 Å². The largest absolute Gasteiger partial charge is 0.466 e. The Bertz CT molecular complexity index is 374. The first kappa shape index (κ1) is 23.9. The highest BCUT2D eigenvalue weighted by Gasteiger charge is 2.25. The Balaban J connectivity index is 4.21. The van der Waals surface area contributed by atoms with Gasteiger partial charge in [-0.15, -0.1) is 0 Å². The Morgan fingerprint density at radius 3 is 2.04 bits per heavy atom. The van der Waals surface area contributed by atoms with Gasteiger partial charge in [-0.1, -0.05) is 52.9 Å². The molecule has 0 aromatic carbocycles. The molecule has 0 radical (unpaired) electrons. The third-order valence-corrected chi connectivity index (χ3v) is 3.78. The summed E-state index contributed by atoms with van der Waals surface area (Å²) in [5.74, 6) is -0.265. The predicted octanol–water partition coefficient (Wildman–Crippen LogP) is 3.94.